The van der Waals surface area contributed by atoms with Crippen molar-refractivity contribution in [3.8, 4) is 11.1 Å². The molecule has 1 N–H and O–H groups in total. The lowest BCUT2D eigenvalue weighted by Gasteiger charge is -1.84. The number of hydrogen-bond donors (Lipinski definition) is 1. The molecule has 1 aromatic rings. The molecule has 0 amide bonds. The number of benzene rings is 1. The monoisotopic (exact) mass is 172 g/mol. The predicted molar refractivity (Wildman–Crippen MR) is 55.7 cm³/mol. The fourth-order valence-corrected chi connectivity index (χ4v) is 1.37. The van der Waals surface area contributed by atoms with E-state index in [9.17, 15) is 0 Å². The SMILES string of the molecule is CNC.c1cnc2c3cc-3cc2c1. The van der Waals surface area contributed by atoms with Gasteiger partial charge in [0.1, 0.15) is 0 Å². The minimum Gasteiger partial charge on any atom is -0.323 e. The highest BCUT2D eigenvalue weighted by molar-refractivity contribution is 6.06. The molecule has 0 aliphatic heterocycles. The van der Waals surface area contributed by atoms with Gasteiger partial charge in [-0.05, 0) is 37.9 Å². The van der Waals surface area contributed by atoms with Crippen molar-refractivity contribution in [1.82, 2.24) is 10.3 Å². The molecule has 2 heteroatoms. The van der Waals surface area contributed by atoms with Gasteiger partial charge in [-0.25, -0.2) is 0 Å². The molecule has 0 unspecified atom stereocenters. The van der Waals surface area contributed by atoms with Crippen molar-refractivity contribution in [1.29, 1.82) is 0 Å². The second kappa shape index (κ2) is 3.15. The first-order valence-corrected chi connectivity index (χ1v) is 4.34. The summed E-state index contributed by atoms with van der Waals surface area (Å²) in [6, 6.07) is 8.41. The third-order valence-corrected chi connectivity index (χ3v) is 1.93. The molecule has 0 aromatic carbocycles. The Labute approximate surface area is 77.6 Å². The van der Waals surface area contributed by atoms with Gasteiger partial charge in [0.05, 0.1) is 5.52 Å². The Morgan fingerprint density at radius 1 is 1.23 bits per heavy atom. The molecule has 0 fully saturated rings. The molecule has 0 atom stereocenters. The van der Waals surface area contributed by atoms with Crippen molar-refractivity contribution in [3.05, 3.63) is 30.5 Å². The molecule has 3 rings (SSSR count). The van der Waals surface area contributed by atoms with Gasteiger partial charge in [-0.2, -0.15) is 0 Å². The summed E-state index contributed by atoms with van der Waals surface area (Å²) in [5.41, 5.74) is 3.88. The summed E-state index contributed by atoms with van der Waals surface area (Å²) in [5, 5.41) is 4.02. The van der Waals surface area contributed by atoms with E-state index in [1.165, 1.54) is 16.5 Å². The summed E-state index contributed by atoms with van der Waals surface area (Å²) in [5.74, 6) is 0. The largest absolute Gasteiger partial charge is 0.323 e. The first-order chi connectivity index (χ1) is 6.36. The molecule has 1 aromatic heterocycles. The highest BCUT2D eigenvalue weighted by Crippen LogP contribution is 2.41. The van der Waals surface area contributed by atoms with Gasteiger partial charge < -0.3 is 5.32 Å². The van der Waals surface area contributed by atoms with Gasteiger partial charge in [-0.15, -0.1) is 0 Å². The highest BCUT2D eigenvalue weighted by atomic mass is 14.7. The zero-order valence-corrected chi connectivity index (χ0v) is 7.83. The number of nitrogens with one attached hydrogen (secondary N) is 1. The summed E-state index contributed by atoms with van der Waals surface area (Å²) in [6.07, 6.45) is 1.84. The Kier molecular flexibility index (Phi) is 1.99. The predicted octanol–water partition coefficient (Wildman–Crippen LogP) is 2.05. The quantitative estimate of drug-likeness (QED) is 0.561. The van der Waals surface area contributed by atoms with E-state index in [1.807, 2.05) is 26.4 Å². The van der Waals surface area contributed by atoms with Crippen molar-refractivity contribution in [2.24, 2.45) is 0 Å². The Morgan fingerprint density at radius 2 is 2.00 bits per heavy atom. The molecule has 0 bridgehead atoms. The van der Waals surface area contributed by atoms with Crippen molar-refractivity contribution >= 4 is 10.9 Å². The molecular formula is C11H12N2. The van der Waals surface area contributed by atoms with Crippen molar-refractivity contribution in [2.45, 2.75) is 0 Å². The lowest BCUT2D eigenvalue weighted by Crippen LogP contribution is -1.89. The van der Waals surface area contributed by atoms with Crippen molar-refractivity contribution in [2.75, 3.05) is 14.1 Å². The van der Waals surface area contributed by atoms with Crippen LogP contribution in [-0.4, -0.2) is 19.1 Å². The van der Waals surface area contributed by atoms with E-state index in [4.69, 9.17) is 0 Å². The molecule has 2 aliphatic rings. The lowest BCUT2D eigenvalue weighted by molar-refractivity contribution is 1.02. The van der Waals surface area contributed by atoms with Crippen LogP contribution in [0.4, 0.5) is 0 Å². The lowest BCUT2D eigenvalue weighted by atomic mass is 10.3. The van der Waals surface area contributed by atoms with E-state index in [0.717, 1.165) is 5.52 Å². The van der Waals surface area contributed by atoms with Gasteiger partial charge in [0, 0.05) is 17.1 Å². The van der Waals surface area contributed by atoms with E-state index in [-0.39, 0.29) is 0 Å². The Hall–Kier alpha value is -1.41. The molecule has 0 saturated heterocycles. The van der Waals surface area contributed by atoms with Crippen LogP contribution in [0, 0.1) is 0 Å². The van der Waals surface area contributed by atoms with Gasteiger partial charge in [0.25, 0.3) is 0 Å². The highest BCUT2D eigenvalue weighted by Gasteiger charge is 2.17. The average molecular weight is 172 g/mol. The number of nitrogens with zero attached hydrogens (tertiary/aromatic N) is 1. The molecule has 66 valence electrons. The molecule has 2 nitrogen and oxygen atoms in total. The number of aromatic nitrogens is 1. The van der Waals surface area contributed by atoms with Gasteiger partial charge in [-0.1, -0.05) is 6.07 Å². The van der Waals surface area contributed by atoms with Gasteiger partial charge >= 0.3 is 0 Å². The van der Waals surface area contributed by atoms with Gasteiger partial charge in [0.15, 0.2) is 0 Å². The average Bonchev–Trinajstić information content (AvgIpc) is 2.80. The molecule has 13 heavy (non-hydrogen) atoms. The normalized spacial score (nSPS) is 10.6. The van der Waals surface area contributed by atoms with E-state index < -0.39 is 0 Å². The molecular weight excluding hydrogens is 160 g/mol. The van der Waals surface area contributed by atoms with Crippen LogP contribution in [0.1, 0.15) is 0 Å². The van der Waals surface area contributed by atoms with Crippen LogP contribution in [0.3, 0.4) is 0 Å². The molecule has 0 saturated carbocycles. The smallest absolute Gasteiger partial charge is 0.0780 e. The molecule has 1 heterocycles. The summed E-state index contributed by atoms with van der Waals surface area (Å²) in [6.45, 7) is 0. The molecule has 2 aliphatic carbocycles. The second-order valence-corrected chi connectivity index (χ2v) is 3.10. The van der Waals surface area contributed by atoms with E-state index in [2.05, 4.69) is 28.5 Å². The Morgan fingerprint density at radius 3 is 2.69 bits per heavy atom. The van der Waals surface area contributed by atoms with Crippen LogP contribution in [0.2, 0.25) is 0 Å². The first kappa shape index (κ1) is 8.20. The fraction of sp³-hybridized carbons (Fsp3) is 0.182. The minimum atomic E-state index is 1.16. The number of hydrogen-bond acceptors (Lipinski definition) is 2. The zero-order valence-electron chi connectivity index (χ0n) is 7.83. The fourth-order valence-electron chi connectivity index (χ4n) is 1.37. The maximum atomic E-state index is 4.26. The van der Waals surface area contributed by atoms with Crippen LogP contribution >= 0.6 is 0 Å². The number of pyridine rings is 1. The molecule has 0 radical (unpaired) electrons. The van der Waals surface area contributed by atoms with Crippen molar-refractivity contribution < 1.29 is 0 Å². The summed E-state index contributed by atoms with van der Waals surface area (Å²) < 4.78 is 0. The van der Waals surface area contributed by atoms with Crippen LogP contribution in [-0.2, 0) is 0 Å². The number of fused-ring (bicyclic) bond motifs is 3. The van der Waals surface area contributed by atoms with Crippen LogP contribution < -0.4 is 5.32 Å². The van der Waals surface area contributed by atoms with E-state index in [0.29, 0.717) is 0 Å². The standard InChI is InChI=1S/C9H5N.C2H7N/c1-2-6-4-7-5-8(7)9(6)10-3-1;1-3-2/h1-5H;3H,1-2H3. The third kappa shape index (κ3) is 1.40. The maximum absolute atomic E-state index is 4.26. The number of rotatable bonds is 0. The van der Waals surface area contributed by atoms with Gasteiger partial charge in [-0.3, -0.25) is 4.98 Å². The summed E-state index contributed by atoms with van der Waals surface area (Å²) >= 11 is 0. The van der Waals surface area contributed by atoms with E-state index >= 15 is 0 Å². The second-order valence-electron chi connectivity index (χ2n) is 3.10. The van der Waals surface area contributed by atoms with Crippen LogP contribution in [0.5, 0.6) is 0 Å². The minimum absolute atomic E-state index is 1.16. The molecule has 0 spiro atoms. The first-order valence-electron chi connectivity index (χ1n) is 4.34. The Bertz CT molecular complexity index is 435. The maximum Gasteiger partial charge on any atom is 0.0780 e. The topological polar surface area (TPSA) is 24.9 Å². The van der Waals surface area contributed by atoms with Crippen LogP contribution in [0.25, 0.3) is 22.0 Å². The van der Waals surface area contributed by atoms with Crippen molar-refractivity contribution in [3.63, 3.8) is 0 Å². The Balaban J connectivity index is 0.000000196. The summed E-state index contributed by atoms with van der Waals surface area (Å²) in [7, 11) is 3.75. The zero-order chi connectivity index (χ0) is 9.26. The van der Waals surface area contributed by atoms with Gasteiger partial charge in [0.2, 0.25) is 0 Å². The summed E-state index contributed by atoms with van der Waals surface area (Å²) in [4.78, 5) is 4.26. The van der Waals surface area contributed by atoms with E-state index in [1.54, 1.807) is 0 Å². The van der Waals surface area contributed by atoms with Crippen LogP contribution in [0.15, 0.2) is 30.5 Å². The third-order valence-electron chi connectivity index (χ3n) is 1.93.